The lowest BCUT2D eigenvalue weighted by molar-refractivity contribution is -0.135. The number of amides is 1. The molecule has 1 atom stereocenters. The van der Waals surface area contributed by atoms with Crippen molar-refractivity contribution in [1.82, 2.24) is 20.2 Å². The quantitative estimate of drug-likeness (QED) is 0.739. The topological polar surface area (TPSA) is 112 Å². The van der Waals surface area contributed by atoms with Gasteiger partial charge in [0.2, 0.25) is 5.95 Å². The van der Waals surface area contributed by atoms with Gasteiger partial charge in [0.05, 0.1) is 6.26 Å². The molecule has 0 radical (unpaired) electrons. The Bertz CT molecular complexity index is 763. The second-order valence-electron chi connectivity index (χ2n) is 6.59. The Morgan fingerprint density at radius 1 is 1.41 bits per heavy atom. The van der Waals surface area contributed by atoms with E-state index in [0.29, 0.717) is 24.8 Å². The maximum absolute atomic E-state index is 12.4. The van der Waals surface area contributed by atoms with Crippen molar-refractivity contribution in [2.75, 3.05) is 31.6 Å². The second kappa shape index (κ2) is 8.63. The van der Waals surface area contributed by atoms with Crippen LogP contribution in [0.1, 0.15) is 29.0 Å². The van der Waals surface area contributed by atoms with Crippen LogP contribution < -0.4 is 10.2 Å². The number of carboxylic acid groups (broad SMARTS) is 1. The number of nitrogens with zero attached hydrogens (tertiary/aromatic N) is 4. The van der Waals surface area contributed by atoms with Gasteiger partial charge in [-0.2, -0.15) is 0 Å². The van der Waals surface area contributed by atoms with Crippen LogP contribution in [0, 0.1) is 0 Å². The molecule has 1 unspecified atom stereocenters. The number of carbonyl (C=O) groups is 2. The lowest BCUT2D eigenvalue weighted by atomic mass is 10.1. The first-order valence-electron chi connectivity index (χ1n) is 8.83. The van der Waals surface area contributed by atoms with Gasteiger partial charge in [0.1, 0.15) is 6.54 Å². The van der Waals surface area contributed by atoms with E-state index in [-0.39, 0.29) is 18.5 Å². The van der Waals surface area contributed by atoms with Crippen LogP contribution in [0.25, 0.3) is 0 Å². The van der Waals surface area contributed by atoms with Gasteiger partial charge in [-0.3, -0.25) is 9.59 Å². The van der Waals surface area contributed by atoms with Crippen LogP contribution >= 0.6 is 0 Å². The fourth-order valence-corrected chi connectivity index (χ4v) is 3.06. The zero-order valence-electron chi connectivity index (χ0n) is 15.2. The molecular weight excluding hydrogens is 350 g/mol. The zero-order valence-corrected chi connectivity index (χ0v) is 15.2. The molecule has 1 amide bonds. The summed E-state index contributed by atoms with van der Waals surface area (Å²) in [6, 6.07) is 3.58. The van der Waals surface area contributed by atoms with Crippen LogP contribution in [0.3, 0.4) is 0 Å². The molecule has 1 saturated heterocycles. The molecule has 2 aromatic rings. The average molecular weight is 373 g/mol. The third-order valence-electron chi connectivity index (χ3n) is 4.44. The van der Waals surface area contributed by atoms with Gasteiger partial charge in [0.25, 0.3) is 5.91 Å². The highest BCUT2D eigenvalue weighted by Crippen LogP contribution is 2.15. The molecule has 2 aromatic heterocycles. The molecule has 1 aliphatic rings. The molecule has 27 heavy (non-hydrogen) atoms. The van der Waals surface area contributed by atoms with Crippen LogP contribution in [0.15, 0.2) is 35.2 Å². The van der Waals surface area contributed by atoms with Gasteiger partial charge in [0.15, 0.2) is 5.76 Å². The Morgan fingerprint density at radius 3 is 2.85 bits per heavy atom. The number of piperidine rings is 1. The van der Waals surface area contributed by atoms with E-state index in [1.165, 1.54) is 11.2 Å². The fourth-order valence-electron chi connectivity index (χ4n) is 3.06. The van der Waals surface area contributed by atoms with Crippen molar-refractivity contribution < 1.29 is 19.1 Å². The largest absolute Gasteiger partial charge is 0.480 e. The van der Waals surface area contributed by atoms with E-state index >= 15 is 0 Å². The minimum Gasteiger partial charge on any atom is -0.480 e. The number of aliphatic carboxylic acids is 1. The van der Waals surface area contributed by atoms with Crippen molar-refractivity contribution in [3.8, 4) is 0 Å². The Labute approximate surface area is 157 Å². The molecule has 0 spiro atoms. The number of likely N-dealkylation sites (N-methyl/N-ethyl adjacent to an activating group) is 1. The van der Waals surface area contributed by atoms with Gasteiger partial charge in [-0.1, -0.05) is 0 Å². The monoisotopic (exact) mass is 373 g/mol. The van der Waals surface area contributed by atoms with Crippen LogP contribution in [0.4, 0.5) is 5.95 Å². The molecule has 9 heteroatoms. The number of carbonyl (C=O) groups excluding carboxylic acids is 1. The average Bonchev–Trinajstić information content (AvgIpc) is 3.20. The summed E-state index contributed by atoms with van der Waals surface area (Å²) in [7, 11) is 1.63. The highest BCUT2D eigenvalue weighted by atomic mass is 16.4. The third kappa shape index (κ3) is 5.04. The summed E-state index contributed by atoms with van der Waals surface area (Å²) in [5.74, 6) is -0.280. The SMILES string of the molecule is CN(CC(=O)O)c1ncc(CNC2CCCN(C(=O)c3ccco3)C2)cn1. The number of likely N-dealkylation sites (tertiary alicyclic amines) is 1. The molecule has 0 aliphatic carbocycles. The van der Waals surface area contributed by atoms with Crippen molar-refractivity contribution in [3.63, 3.8) is 0 Å². The number of hydrogen-bond donors (Lipinski definition) is 2. The smallest absolute Gasteiger partial charge is 0.323 e. The minimum atomic E-state index is -0.933. The highest BCUT2D eigenvalue weighted by Gasteiger charge is 2.25. The lowest BCUT2D eigenvalue weighted by Gasteiger charge is -2.32. The Balaban J connectivity index is 1.50. The molecule has 0 bridgehead atoms. The van der Waals surface area contributed by atoms with Gasteiger partial charge in [0, 0.05) is 50.7 Å². The van der Waals surface area contributed by atoms with E-state index in [1.807, 2.05) is 0 Å². The van der Waals surface area contributed by atoms with Gasteiger partial charge < -0.3 is 24.6 Å². The van der Waals surface area contributed by atoms with Crippen molar-refractivity contribution >= 4 is 17.8 Å². The summed E-state index contributed by atoms with van der Waals surface area (Å²) < 4.78 is 5.20. The molecule has 0 aromatic carbocycles. The Hall–Kier alpha value is -2.94. The molecule has 3 heterocycles. The summed E-state index contributed by atoms with van der Waals surface area (Å²) in [6.07, 6.45) is 6.79. The predicted molar refractivity (Wildman–Crippen MR) is 97.4 cm³/mol. The van der Waals surface area contributed by atoms with Crippen molar-refractivity contribution in [3.05, 3.63) is 42.1 Å². The van der Waals surface area contributed by atoms with E-state index in [9.17, 15) is 9.59 Å². The summed E-state index contributed by atoms with van der Waals surface area (Å²) in [6.45, 7) is 1.78. The van der Waals surface area contributed by atoms with Gasteiger partial charge in [-0.15, -0.1) is 0 Å². The van der Waals surface area contributed by atoms with Crippen LogP contribution in [-0.2, 0) is 11.3 Å². The first-order valence-corrected chi connectivity index (χ1v) is 8.83. The number of aromatic nitrogens is 2. The molecule has 1 aliphatic heterocycles. The molecule has 1 fully saturated rings. The minimum absolute atomic E-state index is 0.0827. The maximum Gasteiger partial charge on any atom is 0.323 e. The molecule has 144 valence electrons. The molecular formula is C18H23N5O4. The fraction of sp³-hybridized carbons (Fsp3) is 0.444. The normalized spacial score (nSPS) is 16.9. The summed E-state index contributed by atoms with van der Waals surface area (Å²) in [4.78, 5) is 34.8. The zero-order chi connectivity index (χ0) is 19.2. The van der Waals surface area contributed by atoms with Crippen LogP contribution in [0.2, 0.25) is 0 Å². The Kier molecular flexibility index (Phi) is 6.02. The Morgan fingerprint density at radius 2 is 2.19 bits per heavy atom. The van der Waals surface area contributed by atoms with E-state index in [2.05, 4.69) is 15.3 Å². The maximum atomic E-state index is 12.4. The molecule has 0 saturated carbocycles. The first-order chi connectivity index (χ1) is 13.0. The van der Waals surface area contributed by atoms with E-state index in [0.717, 1.165) is 24.9 Å². The van der Waals surface area contributed by atoms with E-state index in [4.69, 9.17) is 9.52 Å². The summed E-state index contributed by atoms with van der Waals surface area (Å²) >= 11 is 0. The number of carboxylic acids is 1. The molecule has 9 nitrogen and oxygen atoms in total. The standard InChI is InChI=1S/C18H23N5O4/c1-22(12-16(24)25)18-20-9-13(10-21-18)8-19-14-4-2-6-23(11-14)17(26)15-5-3-7-27-15/h3,5,7,9-10,14,19H,2,4,6,8,11-12H2,1H3,(H,24,25). The second-order valence-corrected chi connectivity index (χ2v) is 6.59. The molecule has 2 N–H and O–H groups in total. The van der Waals surface area contributed by atoms with Gasteiger partial charge >= 0.3 is 5.97 Å². The van der Waals surface area contributed by atoms with Crippen molar-refractivity contribution in [1.29, 1.82) is 0 Å². The molecule has 3 rings (SSSR count). The first kappa shape index (κ1) is 18.8. The summed E-state index contributed by atoms with van der Waals surface area (Å²) in [5, 5.41) is 12.2. The van der Waals surface area contributed by atoms with Crippen molar-refractivity contribution in [2.24, 2.45) is 0 Å². The van der Waals surface area contributed by atoms with Crippen molar-refractivity contribution in [2.45, 2.75) is 25.4 Å². The van der Waals surface area contributed by atoms with E-state index < -0.39 is 5.97 Å². The number of hydrogen-bond acceptors (Lipinski definition) is 7. The van der Waals surface area contributed by atoms with E-state index in [1.54, 1.807) is 36.5 Å². The van der Waals surface area contributed by atoms with Crippen LogP contribution in [0.5, 0.6) is 0 Å². The third-order valence-corrected chi connectivity index (χ3v) is 4.44. The van der Waals surface area contributed by atoms with Gasteiger partial charge in [-0.25, -0.2) is 9.97 Å². The van der Waals surface area contributed by atoms with Crippen LogP contribution in [-0.4, -0.2) is 64.6 Å². The number of nitrogens with one attached hydrogen (secondary N) is 1. The summed E-state index contributed by atoms with van der Waals surface area (Å²) in [5.41, 5.74) is 0.900. The number of rotatable bonds is 7. The number of anilines is 1. The lowest BCUT2D eigenvalue weighted by Crippen LogP contribution is -2.47. The number of furan rings is 1. The van der Waals surface area contributed by atoms with Gasteiger partial charge in [-0.05, 0) is 25.0 Å². The highest BCUT2D eigenvalue weighted by molar-refractivity contribution is 5.91. The predicted octanol–water partition coefficient (Wildman–Crippen LogP) is 0.985.